The van der Waals surface area contributed by atoms with Crippen LogP contribution in [0.15, 0.2) is 18.3 Å². The highest BCUT2D eigenvalue weighted by Crippen LogP contribution is 2.24. The van der Waals surface area contributed by atoms with E-state index in [-0.39, 0.29) is 5.82 Å². The van der Waals surface area contributed by atoms with Crippen molar-refractivity contribution in [1.29, 1.82) is 0 Å². The van der Waals surface area contributed by atoms with Gasteiger partial charge in [-0.05, 0) is 37.6 Å². The van der Waals surface area contributed by atoms with Gasteiger partial charge in [0, 0.05) is 12.5 Å². The second-order valence-electron chi connectivity index (χ2n) is 5.19. The summed E-state index contributed by atoms with van der Waals surface area (Å²) < 4.78 is 22.3. The Hall–Kier alpha value is -1.83. The van der Waals surface area contributed by atoms with Gasteiger partial charge < -0.3 is 0 Å². The van der Waals surface area contributed by atoms with Gasteiger partial charge >= 0.3 is 0 Å². The molecule has 0 saturated heterocycles. The monoisotopic (exact) mass is 295 g/mol. The molecule has 2 heterocycles. The molecule has 0 aromatic carbocycles. The van der Waals surface area contributed by atoms with Gasteiger partial charge in [0.05, 0.1) is 5.69 Å². The number of tetrazole rings is 1. The minimum atomic E-state index is -3.32. The maximum Gasteiger partial charge on any atom is 0.195 e. The largest absolute Gasteiger partial charge is 0.259 e. The van der Waals surface area contributed by atoms with Gasteiger partial charge in [-0.15, -0.1) is 10.2 Å². The number of aromatic nitrogens is 5. The van der Waals surface area contributed by atoms with Gasteiger partial charge in [0.15, 0.2) is 15.7 Å². The molecule has 8 heteroatoms. The molecule has 0 aliphatic rings. The first-order chi connectivity index (χ1) is 9.22. The lowest BCUT2D eigenvalue weighted by atomic mass is 10.2. The maximum absolute atomic E-state index is 11.7. The molecule has 0 N–H and O–H groups in total. The quantitative estimate of drug-likeness (QED) is 0.825. The Morgan fingerprint density at radius 1 is 1.35 bits per heavy atom. The summed E-state index contributed by atoms with van der Waals surface area (Å²) in [4.78, 5) is 5.61. The number of aryl methyl sites for hydroxylation is 1. The lowest BCUT2D eigenvalue weighted by molar-refractivity contribution is 0.538. The summed E-state index contributed by atoms with van der Waals surface area (Å²) in [7, 11) is -3.32. The molecule has 0 radical (unpaired) electrons. The van der Waals surface area contributed by atoms with E-state index in [1.807, 2.05) is 19.1 Å². The van der Waals surface area contributed by atoms with Crippen molar-refractivity contribution in [1.82, 2.24) is 25.2 Å². The summed E-state index contributed by atoms with van der Waals surface area (Å²) in [5, 5.41) is 11.9. The third kappa shape index (κ3) is 2.69. The van der Waals surface area contributed by atoms with E-state index < -0.39 is 14.6 Å². The Morgan fingerprint density at radius 2 is 2.05 bits per heavy atom. The van der Waals surface area contributed by atoms with E-state index in [0.717, 1.165) is 17.5 Å². The predicted octanol–water partition coefficient (Wildman–Crippen LogP) is 0.705. The molecule has 0 aliphatic heterocycles. The Bertz CT molecular complexity index is 721. The van der Waals surface area contributed by atoms with Gasteiger partial charge in [0.25, 0.3) is 0 Å². The molecule has 2 aromatic heterocycles. The molecule has 0 fully saturated rings. The molecular formula is C12H17N5O2S. The summed E-state index contributed by atoms with van der Waals surface area (Å²) in [5.41, 5.74) is 1.85. The van der Waals surface area contributed by atoms with Crippen molar-refractivity contribution >= 4 is 9.84 Å². The van der Waals surface area contributed by atoms with Crippen molar-refractivity contribution in [3.63, 3.8) is 0 Å². The predicted molar refractivity (Wildman–Crippen MR) is 73.8 cm³/mol. The Kier molecular flexibility index (Phi) is 3.59. The zero-order valence-corrected chi connectivity index (χ0v) is 12.7. The zero-order valence-electron chi connectivity index (χ0n) is 11.9. The summed E-state index contributed by atoms with van der Waals surface area (Å²) in [5.74, 6) is 0.189. The first-order valence-electron chi connectivity index (χ1n) is 6.10. The van der Waals surface area contributed by atoms with Crippen LogP contribution in [0.25, 0.3) is 0 Å². The fourth-order valence-electron chi connectivity index (χ4n) is 1.53. The fraction of sp³-hybridized carbons (Fsp3) is 0.500. The molecule has 7 nitrogen and oxygen atoms in total. The molecule has 20 heavy (non-hydrogen) atoms. The van der Waals surface area contributed by atoms with Crippen LogP contribution in [0.5, 0.6) is 0 Å². The van der Waals surface area contributed by atoms with E-state index in [1.54, 1.807) is 20.0 Å². The highest BCUT2D eigenvalue weighted by molar-refractivity contribution is 7.91. The first kappa shape index (κ1) is 14.6. The molecule has 0 amide bonds. The number of hydrogen-bond donors (Lipinski definition) is 0. The Morgan fingerprint density at radius 3 is 2.65 bits per heavy atom. The van der Waals surface area contributed by atoms with Gasteiger partial charge in [-0.1, -0.05) is 6.07 Å². The molecule has 108 valence electrons. The molecule has 0 bridgehead atoms. The van der Waals surface area contributed by atoms with Crippen molar-refractivity contribution in [2.75, 3.05) is 6.26 Å². The average Bonchev–Trinajstić information content (AvgIpc) is 2.80. The third-order valence-corrected chi connectivity index (χ3v) is 5.36. The van der Waals surface area contributed by atoms with Crippen molar-refractivity contribution in [2.45, 2.75) is 32.1 Å². The van der Waals surface area contributed by atoms with Crippen LogP contribution in [0, 0.1) is 6.92 Å². The van der Waals surface area contributed by atoms with Gasteiger partial charge in [-0.3, -0.25) is 4.98 Å². The van der Waals surface area contributed by atoms with Crippen LogP contribution in [0.4, 0.5) is 0 Å². The average molecular weight is 295 g/mol. The van der Waals surface area contributed by atoms with Gasteiger partial charge in [-0.25, -0.2) is 8.42 Å². The summed E-state index contributed by atoms with van der Waals surface area (Å²) in [6, 6.07) is 3.80. The minimum absolute atomic E-state index is 0.189. The number of sulfone groups is 1. The number of rotatable bonds is 4. The van der Waals surface area contributed by atoms with Crippen LogP contribution in [0.3, 0.4) is 0 Å². The smallest absolute Gasteiger partial charge is 0.195 e. The highest BCUT2D eigenvalue weighted by atomic mass is 32.2. The number of hydrogen-bond acceptors (Lipinski definition) is 6. The van der Waals surface area contributed by atoms with Crippen molar-refractivity contribution in [3.8, 4) is 0 Å². The van der Waals surface area contributed by atoms with E-state index in [4.69, 9.17) is 0 Å². The van der Waals surface area contributed by atoms with Crippen LogP contribution in [-0.2, 0) is 21.1 Å². The van der Waals surface area contributed by atoms with Crippen LogP contribution >= 0.6 is 0 Å². The van der Waals surface area contributed by atoms with Crippen LogP contribution < -0.4 is 0 Å². The SMILES string of the molecule is Cc1cccnc1Cn1nnc(C(C)(C)S(C)(=O)=O)n1. The first-order valence-corrected chi connectivity index (χ1v) is 7.99. The standard InChI is InChI=1S/C12H17N5O2S/c1-9-6-5-7-13-10(9)8-17-15-11(14-16-17)12(2,3)20(4,18)19/h5-7H,8H2,1-4H3. The van der Waals surface area contributed by atoms with Crippen LogP contribution in [0.2, 0.25) is 0 Å². The van der Waals surface area contributed by atoms with Gasteiger partial charge in [0.1, 0.15) is 11.3 Å². The van der Waals surface area contributed by atoms with E-state index >= 15 is 0 Å². The van der Waals surface area contributed by atoms with Crippen molar-refractivity contribution < 1.29 is 8.42 Å². The molecule has 2 aromatic rings. The second-order valence-corrected chi connectivity index (χ2v) is 7.76. The lowest BCUT2D eigenvalue weighted by Crippen LogP contribution is -2.29. The maximum atomic E-state index is 11.7. The third-order valence-electron chi connectivity index (χ3n) is 3.33. The summed E-state index contributed by atoms with van der Waals surface area (Å²) >= 11 is 0. The topological polar surface area (TPSA) is 90.6 Å². The molecule has 0 atom stereocenters. The molecular weight excluding hydrogens is 278 g/mol. The van der Waals surface area contributed by atoms with Gasteiger partial charge in [0.2, 0.25) is 0 Å². The normalized spacial score (nSPS) is 12.6. The van der Waals surface area contributed by atoms with E-state index in [0.29, 0.717) is 6.54 Å². The van der Waals surface area contributed by atoms with Gasteiger partial charge in [-0.2, -0.15) is 4.80 Å². The molecule has 0 unspecified atom stereocenters. The fourth-order valence-corrected chi connectivity index (χ4v) is 1.95. The van der Waals surface area contributed by atoms with Crippen molar-refractivity contribution in [2.24, 2.45) is 0 Å². The summed E-state index contributed by atoms with van der Waals surface area (Å²) in [6.07, 6.45) is 2.86. The number of nitrogens with zero attached hydrogens (tertiary/aromatic N) is 5. The summed E-state index contributed by atoms with van der Waals surface area (Å²) in [6.45, 7) is 5.44. The van der Waals surface area contributed by atoms with E-state index in [9.17, 15) is 8.42 Å². The molecule has 0 spiro atoms. The van der Waals surface area contributed by atoms with Crippen molar-refractivity contribution in [3.05, 3.63) is 35.4 Å². The lowest BCUT2D eigenvalue weighted by Gasteiger charge is -2.17. The zero-order chi connectivity index (χ0) is 15.0. The second kappa shape index (κ2) is 4.93. The van der Waals surface area contributed by atoms with E-state index in [1.165, 1.54) is 4.80 Å². The number of pyridine rings is 1. The van der Waals surface area contributed by atoms with Crippen LogP contribution in [-0.4, -0.2) is 39.9 Å². The Balaban J connectivity index is 2.29. The molecule has 0 aliphatic carbocycles. The van der Waals surface area contributed by atoms with E-state index in [2.05, 4.69) is 20.4 Å². The highest BCUT2D eigenvalue weighted by Gasteiger charge is 2.37. The minimum Gasteiger partial charge on any atom is -0.259 e. The Labute approximate surface area is 118 Å². The molecule has 0 saturated carbocycles. The molecule has 2 rings (SSSR count). The van der Waals surface area contributed by atoms with Crippen LogP contribution in [0.1, 0.15) is 30.9 Å².